The summed E-state index contributed by atoms with van der Waals surface area (Å²) >= 11 is 0. The van der Waals surface area contributed by atoms with Gasteiger partial charge < -0.3 is 0 Å². The Hall–Kier alpha value is -0.410. The number of halogens is 7. The molecule has 2 nitrogen and oxygen atoms in total. The maximum atomic E-state index is 12.9. The molecule has 0 bridgehead atoms. The van der Waals surface area contributed by atoms with Crippen molar-refractivity contribution in [3.8, 4) is 0 Å². The van der Waals surface area contributed by atoms with Crippen molar-refractivity contribution in [3.05, 3.63) is 0 Å². The third-order valence-corrected chi connectivity index (χ3v) is 2.26. The van der Waals surface area contributed by atoms with Crippen molar-refractivity contribution < 1.29 is 62.7 Å². The van der Waals surface area contributed by atoms with Gasteiger partial charge in [-0.05, 0) is 0 Å². The molecule has 0 unspecified atom stereocenters. The van der Waals surface area contributed by atoms with Crippen LogP contribution in [0.4, 0.5) is 30.7 Å². The van der Waals surface area contributed by atoms with Crippen molar-refractivity contribution >= 4 is 11.6 Å². The van der Waals surface area contributed by atoms with Gasteiger partial charge in [-0.15, -0.1) is 0 Å². The maximum absolute atomic E-state index is 12.9. The fourth-order valence-electron chi connectivity index (χ4n) is 0.875. The van der Waals surface area contributed by atoms with E-state index in [0.717, 1.165) is 0 Å². The van der Waals surface area contributed by atoms with E-state index in [1.54, 1.807) is 0 Å². The van der Waals surface area contributed by atoms with Crippen LogP contribution < -0.4 is 0 Å². The van der Waals surface area contributed by atoms with Crippen LogP contribution in [0.1, 0.15) is 27.2 Å². The molecule has 0 rings (SSSR count). The Balaban J connectivity index is 0. The Morgan fingerprint density at radius 2 is 1.15 bits per heavy atom. The fraction of sp³-hybridized carbons (Fsp3) is 0.800. The van der Waals surface area contributed by atoms with E-state index >= 15 is 0 Å². The second-order valence-corrected chi connectivity index (χ2v) is 4.92. The van der Waals surface area contributed by atoms with Gasteiger partial charge in [0, 0.05) is 27.8 Å². The summed E-state index contributed by atoms with van der Waals surface area (Å²) in [5.74, 6) is -16.4. The van der Waals surface area contributed by atoms with E-state index in [9.17, 15) is 40.3 Å². The van der Waals surface area contributed by atoms with Crippen molar-refractivity contribution in [2.75, 3.05) is 0 Å². The summed E-state index contributed by atoms with van der Waals surface area (Å²) in [5.41, 5.74) is -1.31. The summed E-state index contributed by atoms with van der Waals surface area (Å²) in [7, 11) is 0. The predicted molar refractivity (Wildman–Crippen MR) is 50.0 cm³/mol. The van der Waals surface area contributed by atoms with Crippen LogP contribution in [0.3, 0.4) is 0 Å². The standard InChI is InChI=1S/C10H11F7O2.Ag/c1-7(2,3)5(18)4-6(19)8(11,12)9(13,14)10(15,16)17;/h4H2,1-3H3;. The number of Topliss-reactive ketones (excluding diaryl/α,β-unsaturated/α-hetero) is 2. The van der Waals surface area contributed by atoms with E-state index in [4.69, 9.17) is 0 Å². The average Bonchev–Trinajstić information content (AvgIpc) is 2.13. The Bertz CT molecular complexity index is 382. The second-order valence-electron chi connectivity index (χ2n) is 4.92. The van der Waals surface area contributed by atoms with E-state index in [-0.39, 0.29) is 22.4 Å². The zero-order valence-electron chi connectivity index (χ0n) is 10.5. The SMILES string of the molecule is CC(C)(C)C(=O)CC(=O)C(F)(F)C(F)(F)C(F)(F)F.[Ag]. The second kappa shape index (κ2) is 6.15. The molecular weight excluding hydrogens is 393 g/mol. The molecule has 0 heterocycles. The van der Waals surface area contributed by atoms with E-state index in [0.29, 0.717) is 0 Å². The Kier molecular flexibility index (Phi) is 6.73. The number of ketones is 2. The zero-order chi connectivity index (χ0) is 15.9. The van der Waals surface area contributed by atoms with E-state index < -0.39 is 41.4 Å². The van der Waals surface area contributed by atoms with Crippen LogP contribution in [-0.4, -0.2) is 29.6 Å². The molecule has 0 saturated heterocycles. The molecular formula is C10H11AgF7O2. The van der Waals surface area contributed by atoms with Gasteiger partial charge in [-0.2, -0.15) is 30.7 Å². The summed E-state index contributed by atoms with van der Waals surface area (Å²) < 4.78 is 86.1. The van der Waals surface area contributed by atoms with Crippen LogP contribution in [0.15, 0.2) is 0 Å². The van der Waals surface area contributed by atoms with Gasteiger partial charge in [-0.1, -0.05) is 20.8 Å². The quantitative estimate of drug-likeness (QED) is 0.409. The van der Waals surface area contributed by atoms with Crippen molar-refractivity contribution in [1.29, 1.82) is 0 Å². The van der Waals surface area contributed by atoms with Gasteiger partial charge in [0.15, 0.2) is 0 Å². The first kappa shape index (κ1) is 21.9. The van der Waals surface area contributed by atoms with E-state index in [1.165, 1.54) is 20.8 Å². The summed E-state index contributed by atoms with van der Waals surface area (Å²) in [6.45, 7) is 3.63. The molecule has 123 valence electrons. The molecule has 0 fully saturated rings. The molecule has 0 aliphatic rings. The molecule has 0 saturated carbocycles. The molecule has 0 aromatic carbocycles. The number of rotatable bonds is 4. The number of alkyl halides is 7. The van der Waals surface area contributed by atoms with Gasteiger partial charge in [-0.3, -0.25) is 9.59 Å². The smallest absolute Gasteiger partial charge is 0.299 e. The molecule has 0 atom stereocenters. The van der Waals surface area contributed by atoms with Gasteiger partial charge >= 0.3 is 18.0 Å². The Labute approximate surface area is 125 Å². The number of carbonyl (C=O) groups excluding carboxylic acids is 2. The zero-order valence-corrected chi connectivity index (χ0v) is 12.0. The molecule has 0 spiro atoms. The average molecular weight is 404 g/mol. The minimum atomic E-state index is -6.59. The molecule has 0 aliphatic carbocycles. The van der Waals surface area contributed by atoms with Gasteiger partial charge in [0.1, 0.15) is 5.78 Å². The minimum Gasteiger partial charge on any atom is -0.299 e. The Morgan fingerprint density at radius 3 is 1.40 bits per heavy atom. The van der Waals surface area contributed by atoms with Crippen LogP contribution in [0.2, 0.25) is 0 Å². The van der Waals surface area contributed by atoms with E-state index in [2.05, 4.69) is 0 Å². The molecule has 0 amide bonds. The normalized spacial score (nSPS) is 13.7. The third-order valence-electron chi connectivity index (χ3n) is 2.26. The van der Waals surface area contributed by atoms with Gasteiger partial charge in [-0.25, -0.2) is 0 Å². The summed E-state index contributed by atoms with van der Waals surface area (Å²) in [6.07, 6.45) is -8.28. The summed E-state index contributed by atoms with van der Waals surface area (Å²) in [6, 6.07) is 0. The van der Waals surface area contributed by atoms with E-state index in [1.807, 2.05) is 0 Å². The molecule has 1 radical (unpaired) electrons. The van der Waals surface area contributed by atoms with Gasteiger partial charge in [0.25, 0.3) is 0 Å². The maximum Gasteiger partial charge on any atom is 0.460 e. The van der Waals surface area contributed by atoms with Crippen LogP contribution in [-0.2, 0) is 32.0 Å². The molecule has 0 aromatic heterocycles. The monoisotopic (exact) mass is 403 g/mol. The molecule has 10 heteroatoms. The molecule has 0 N–H and O–H groups in total. The largest absolute Gasteiger partial charge is 0.460 e. The first-order chi connectivity index (χ1) is 8.05. The number of carbonyl (C=O) groups is 2. The topological polar surface area (TPSA) is 34.1 Å². The van der Waals surface area contributed by atoms with Crippen molar-refractivity contribution in [3.63, 3.8) is 0 Å². The Morgan fingerprint density at radius 1 is 0.800 bits per heavy atom. The van der Waals surface area contributed by atoms with Crippen molar-refractivity contribution in [2.24, 2.45) is 5.41 Å². The predicted octanol–water partition coefficient (Wildman–Crippen LogP) is 3.39. The summed E-state index contributed by atoms with van der Waals surface area (Å²) in [4.78, 5) is 22.1. The molecule has 0 aliphatic heterocycles. The van der Waals surface area contributed by atoms with Crippen molar-refractivity contribution in [1.82, 2.24) is 0 Å². The van der Waals surface area contributed by atoms with Crippen LogP contribution in [0.5, 0.6) is 0 Å². The molecule has 20 heavy (non-hydrogen) atoms. The van der Waals surface area contributed by atoms with Crippen LogP contribution in [0.25, 0.3) is 0 Å². The van der Waals surface area contributed by atoms with Gasteiger partial charge in [0.05, 0.1) is 6.42 Å². The van der Waals surface area contributed by atoms with Crippen LogP contribution in [0, 0.1) is 5.41 Å². The third kappa shape index (κ3) is 4.29. The fourth-order valence-corrected chi connectivity index (χ4v) is 0.875. The van der Waals surface area contributed by atoms with Crippen molar-refractivity contribution in [2.45, 2.75) is 45.2 Å². The van der Waals surface area contributed by atoms with Crippen LogP contribution >= 0.6 is 0 Å². The number of hydrogen-bond acceptors (Lipinski definition) is 2. The summed E-state index contributed by atoms with van der Waals surface area (Å²) in [5, 5.41) is 0. The first-order valence-electron chi connectivity index (χ1n) is 4.94. The van der Waals surface area contributed by atoms with Gasteiger partial charge in [0.2, 0.25) is 5.78 Å². The molecule has 0 aromatic rings. The number of hydrogen-bond donors (Lipinski definition) is 0. The minimum absolute atomic E-state index is 0. The first-order valence-corrected chi connectivity index (χ1v) is 4.94.